The predicted molar refractivity (Wildman–Crippen MR) is 103 cm³/mol. The van der Waals surface area contributed by atoms with Crippen LogP contribution in [0, 0.1) is 0 Å². The lowest BCUT2D eigenvalue weighted by Gasteiger charge is -2.17. The first-order chi connectivity index (χ1) is 14.8. The molecule has 1 aliphatic rings. The molecule has 3 aromatic rings. The van der Waals surface area contributed by atoms with Crippen molar-refractivity contribution in [3.63, 3.8) is 0 Å². The minimum Gasteiger partial charge on any atom is -0.497 e. The van der Waals surface area contributed by atoms with Crippen LogP contribution in [0.3, 0.4) is 0 Å². The Bertz CT molecular complexity index is 1070. The van der Waals surface area contributed by atoms with Crippen LogP contribution in [0.1, 0.15) is 22.7 Å². The highest BCUT2D eigenvalue weighted by Crippen LogP contribution is 2.30. The molecule has 7 nitrogen and oxygen atoms in total. The molecule has 1 atom stereocenters. The number of alkyl halides is 3. The summed E-state index contributed by atoms with van der Waals surface area (Å²) in [6, 6.07) is 13.3. The molecule has 31 heavy (non-hydrogen) atoms. The summed E-state index contributed by atoms with van der Waals surface area (Å²) < 4.78 is 53.3. The molecular formula is C21H18F3N3O4. The molecule has 4 rings (SSSR count). The first-order valence-electron chi connectivity index (χ1n) is 9.45. The third-order valence-electron chi connectivity index (χ3n) is 4.83. The Balaban J connectivity index is 1.40. The number of methoxy groups -OCH3 is 1. The molecule has 0 unspecified atom stereocenters. The van der Waals surface area contributed by atoms with Gasteiger partial charge < -0.3 is 18.9 Å². The predicted octanol–water partition coefficient (Wildman–Crippen LogP) is 4.06. The summed E-state index contributed by atoms with van der Waals surface area (Å²) in [5, 5.41) is 3.38. The Morgan fingerprint density at radius 3 is 2.61 bits per heavy atom. The number of halogens is 3. The van der Waals surface area contributed by atoms with Gasteiger partial charge in [-0.25, -0.2) is 0 Å². The Hall–Kier alpha value is -3.56. The van der Waals surface area contributed by atoms with Crippen LogP contribution in [-0.4, -0.2) is 47.3 Å². The number of ether oxygens (including phenoxy) is 2. The van der Waals surface area contributed by atoms with E-state index >= 15 is 0 Å². The number of aromatic nitrogens is 2. The molecule has 162 valence electrons. The molecule has 1 aromatic heterocycles. The zero-order valence-electron chi connectivity index (χ0n) is 16.4. The maximum Gasteiger partial charge on any atom is 0.471 e. The lowest BCUT2D eigenvalue weighted by Crippen LogP contribution is -2.30. The third kappa shape index (κ3) is 4.62. The minimum atomic E-state index is -4.71. The van der Waals surface area contributed by atoms with E-state index in [0.717, 1.165) is 0 Å². The van der Waals surface area contributed by atoms with E-state index in [0.29, 0.717) is 42.1 Å². The first kappa shape index (κ1) is 20.7. The van der Waals surface area contributed by atoms with Gasteiger partial charge in [0.25, 0.3) is 5.91 Å². The molecule has 0 bridgehead atoms. The van der Waals surface area contributed by atoms with Gasteiger partial charge in [-0.1, -0.05) is 17.3 Å². The smallest absolute Gasteiger partial charge is 0.471 e. The van der Waals surface area contributed by atoms with Crippen molar-refractivity contribution in [2.75, 3.05) is 20.2 Å². The van der Waals surface area contributed by atoms with Crippen LogP contribution >= 0.6 is 0 Å². The number of hydrogen-bond donors (Lipinski definition) is 0. The van der Waals surface area contributed by atoms with E-state index < -0.39 is 12.1 Å². The van der Waals surface area contributed by atoms with E-state index in [1.807, 2.05) is 0 Å². The van der Waals surface area contributed by atoms with Gasteiger partial charge in [0.15, 0.2) is 0 Å². The fourth-order valence-electron chi connectivity index (χ4n) is 3.28. The topological polar surface area (TPSA) is 77.7 Å². The largest absolute Gasteiger partial charge is 0.497 e. The van der Waals surface area contributed by atoms with Crippen LogP contribution < -0.4 is 9.47 Å². The van der Waals surface area contributed by atoms with Gasteiger partial charge in [0.2, 0.25) is 5.82 Å². The van der Waals surface area contributed by atoms with Gasteiger partial charge in [-0.15, -0.1) is 0 Å². The maximum atomic E-state index is 12.7. The van der Waals surface area contributed by atoms with E-state index in [-0.39, 0.29) is 17.8 Å². The Morgan fingerprint density at radius 2 is 1.94 bits per heavy atom. The summed E-state index contributed by atoms with van der Waals surface area (Å²) in [6.07, 6.45) is -4.32. The van der Waals surface area contributed by atoms with Gasteiger partial charge >= 0.3 is 12.1 Å². The fraction of sp³-hybridized carbons (Fsp3) is 0.286. The SMILES string of the molecule is COc1ccc(C(=O)N2CC[C@@H](Oc3cccc(-c4noc(C(F)(F)F)n4)c3)C2)cc1. The Labute approximate surface area is 175 Å². The molecule has 0 aliphatic carbocycles. The van der Waals surface area contributed by atoms with Crippen molar-refractivity contribution in [3.05, 3.63) is 60.0 Å². The molecule has 2 heterocycles. The highest BCUT2D eigenvalue weighted by atomic mass is 19.4. The number of carbonyl (C=O) groups excluding carboxylic acids is 1. The van der Waals surface area contributed by atoms with E-state index in [4.69, 9.17) is 9.47 Å². The Morgan fingerprint density at radius 1 is 1.16 bits per heavy atom. The summed E-state index contributed by atoms with van der Waals surface area (Å²) in [6.45, 7) is 0.935. The van der Waals surface area contributed by atoms with Gasteiger partial charge in [0, 0.05) is 24.1 Å². The lowest BCUT2D eigenvalue weighted by atomic mass is 10.2. The van der Waals surface area contributed by atoms with E-state index in [9.17, 15) is 18.0 Å². The van der Waals surface area contributed by atoms with E-state index in [1.165, 1.54) is 0 Å². The van der Waals surface area contributed by atoms with Crippen LogP contribution in [0.4, 0.5) is 13.2 Å². The highest BCUT2D eigenvalue weighted by Gasteiger charge is 2.38. The van der Waals surface area contributed by atoms with Crippen molar-refractivity contribution in [1.82, 2.24) is 15.0 Å². The van der Waals surface area contributed by atoms with Crippen molar-refractivity contribution in [1.29, 1.82) is 0 Å². The molecule has 10 heteroatoms. The number of amides is 1. The zero-order chi connectivity index (χ0) is 22.0. The van der Waals surface area contributed by atoms with Gasteiger partial charge in [-0.05, 0) is 36.4 Å². The van der Waals surface area contributed by atoms with Crippen LogP contribution in [-0.2, 0) is 6.18 Å². The number of benzene rings is 2. The van der Waals surface area contributed by atoms with Crippen molar-refractivity contribution < 1.29 is 32.0 Å². The molecule has 1 amide bonds. The van der Waals surface area contributed by atoms with E-state index in [2.05, 4.69) is 14.7 Å². The van der Waals surface area contributed by atoms with Crippen LogP contribution in [0.5, 0.6) is 11.5 Å². The van der Waals surface area contributed by atoms with Crippen molar-refractivity contribution in [2.45, 2.75) is 18.7 Å². The van der Waals surface area contributed by atoms with Gasteiger partial charge in [0.05, 0.1) is 13.7 Å². The fourth-order valence-corrected chi connectivity index (χ4v) is 3.28. The van der Waals surface area contributed by atoms with Gasteiger partial charge in [0.1, 0.15) is 17.6 Å². The summed E-state index contributed by atoms with van der Waals surface area (Å²) in [5.41, 5.74) is 0.891. The molecule has 1 fully saturated rings. The second-order valence-electron chi connectivity index (χ2n) is 6.96. The normalized spacial score (nSPS) is 16.4. The van der Waals surface area contributed by atoms with Crippen molar-refractivity contribution >= 4 is 5.91 Å². The van der Waals surface area contributed by atoms with E-state index in [1.54, 1.807) is 60.5 Å². The highest BCUT2D eigenvalue weighted by molar-refractivity contribution is 5.94. The monoisotopic (exact) mass is 433 g/mol. The quantitative estimate of drug-likeness (QED) is 0.604. The molecule has 0 radical (unpaired) electrons. The molecular weight excluding hydrogens is 415 g/mol. The minimum absolute atomic E-state index is 0.103. The number of rotatable bonds is 5. The van der Waals surface area contributed by atoms with Gasteiger partial charge in [-0.3, -0.25) is 4.79 Å². The average Bonchev–Trinajstić information content (AvgIpc) is 3.43. The molecule has 1 aliphatic heterocycles. The number of carbonyl (C=O) groups is 1. The number of nitrogens with zero attached hydrogens (tertiary/aromatic N) is 3. The molecule has 0 N–H and O–H groups in total. The van der Waals surface area contributed by atoms with Crippen molar-refractivity contribution in [3.8, 4) is 22.9 Å². The zero-order valence-corrected chi connectivity index (χ0v) is 16.4. The standard InChI is InChI=1S/C21H18F3N3O4/c1-29-15-7-5-13(6-8-15)19(28)27-10-9-17(12-27)30-16-4-2-3-14(11-16)18-25-20(31-26-18)21(22,23)24/h2-8,11,17H,9-10,12H2,1H3/t17-/m1/s1. The molecule has 2 aromatic carbocycles. The maximum absolute atomic E-state index is 12.7. The summed E-state index contributed by atoms with van der Waals surface area (Å²) in [5.74, 6) is -0.575. The first-order valence-corrected chi connectivity index (χ1v) is 9.45. The number of hydrogen-bond acceptors (Lipinski definition) is 6. The number of likely N-dealkylation sites (tertiary alicyclic amines) is 1. The molecule has 0 spiro atoms. The van der Waals surface area contributed by atoms with Gasteiger partial charge in [-0.2, -0.15) is 18.2 Å². The molecule has 1 saturated heterocycles. The second-order valence-corrected chi connectivity index (χ2v) is 6.96. The van der Waals surface area contributed by atoms with Crippen LogP contribution in [0.2, 0.25) is 0 Å². The average molecular weight is 433 g/mol. The van der Waals surface area contributed by atoms with Crippen LogP contribution in [0.15, 0.2) is 53.1 Å². The second kappa shape index (κ2) is 8.29. The Kier molecular flexibility index (Phi) is 5.53. The third-order valence-corrected chi connectivity index (χ3v) is 4.83. The lowest BCUT2D eigenvalue weighted by molar-refractivity contribution is -0.159. The van der Waals surface area contributed by atoms with Crippen LogP contribution in [0.25, 0.3) is 11.4 Å². The summed E-state index contributed by atoms with van der Waals surface area (Å²) in [4.78, 5) is 17.8. The summed E-state index contributed by atoms with van der Waals surface area (Å²) in [7, 11) is 1.56. The summed E-state index contributed by atoms with van der Waals surface area (Å²) >= 11 is 0. The van der Waals surface area contributed by atoms with Crippen molar-refractivity contribution in [2.24, 2.45) is 0 Å². The molecule has 0 saturated carbocycles.